The molecule has 20 aromatic rings. The first-order valence-corrected chi connectivity index (χ1v) is 35.3. The first-order valence-electron chi connectivity index (χ1n) is 35.3. The summed E-state index contributed by atoms with van der Waals surface area (Å²) in [5.41, 5.74) is 23.5. The zero-order valence-corrected chi connectivity index (χ0v) is 56.2. The number of benzene rings is 17. The topological polar surface area (TPSA) is 63.2 Å². The highest BCUT2D eigenvalue weighted by molar-refractivity contribution is 6.15. The molecule has 104 heavy (non-hydrogen) atoms. The average molecular weight is 1330 g/mol. The van der Waals surface area contributed by atoms with Crippen LogP contribution >= 0.6 is 0 Å². The summed E-state index contributed by atoms with van der Waals surface area (Å²) in [6, 6.07) is 131. The highest BCUT2D eigenvalue weighted by Gasteiger charge is 2.33. The van der Waals surface area contributed by atoms with Crippen LogP contribution in [0.25, 0.3) is 138 Å². The van der Waals surface area contributed by atoms with E-state index in [9.17, 15) is 0 Å². The summed E-state index contributed by atoms with van der Waals surface area (Å²) in [5, 5.41) is 12.4. The van der Waals surface area contributed by atoms with Crippen molar-refractivity contribution in [2.45, 2.75) is 0 Å². The van der Waals surface area contributed by atoms with Crippen molar-refractivity contribution in [3.05, 3.63) is 370 Å². The van der Waals surface area contributed by atoms with Crippen LogP contribution in [-0.4, -0.2) is 28.7 Å². The molecule has 0 N–H and O–H groups in total. The Labute approximate surface area is 599 Å². The number of hydrogen-bond acceptors (Lipinski definition) is 6. The van der Waals surface area contributed by atoms with Gasteiger partial charge in [0.15, 0.2) is 0 Å². The fourth-order valence-corrected chi connectivity index (χ4v) is 16.3. The Kier molecular flexibility index (Phi) is 13.4. The number of aromatic nitrogens is 6. The normalized spacial score (nSPS) is 12.4. The summed E-state index contributed by atoms with van der Waals surface area (Å²) < 4.78 is 7.02. The molecule has 3 aromatic heterocycles. The van der Waals surface area contributed by atoms with Gasteiger partial charge in [-0.1, -0.05) is 243 Å². The second-order valence-electron chi connectivity index (χ2n) is 26.7. The fourth-order valence-electron chi connectivity index (χ4n) is 16.3. The van der Waals surface area contributed by atoms with Crippen molar-refractivity contribution in [3.63, 3.8) is 0 Å². The third-order valence-corrected chi connectivity index (χ3v) is 20.8. The minimum absolute atomic E-state index is 0.965. The van der Waals surface area contributed by atoms with E-state index in [1.165, 1.54) is 53.9 Å². The van der Waals surface area contributed by atoms with Gasteiger partial charge in [0.2, 0.25) is 0 Å². The predicted molar refractivity (Wildman–Crippen MR) is 432 cm³/mol. The summed E-state index contributed by atoms with van der Waals surface area (Å²) >= 11 is 0. The summed E-state index contributed by atoms with van der Waals surface area (Å²) in [6.45, 7) is 0. The van der Waals surface area contributed by atoms with Crippen LogP contribution in [0, 0.1) is 0 Å². The second kappa shape index (κ2) is 23.8. The van der Waals surface area contributed by atoms with Gasteiger partial charge in [0, 0.05) is 33.8 Å². The van der Waals surface area contributed by atoms with Gasteiger partial charge in [-0.05, 0) is 181 Å². The van der Waals surface area contributed by atoms with E-state index in [2.05, 4.69) is 398 Å². The van der Waals surface area contributed by atoms with E-state index in [4.69, 9.17) is 15.0 Å². The number of anilines is 9. The number of nitrogens with zero attached hydrogens (tertiary/aromatic N) is 9. The molecule has 0 unspecified atom stereocenters. The van der Waals surface area contributed by atoms with E-state index in [-0.39, 0.29) is 0 Å². The lowest BCUT2D eigenvalue weighted by Gasteiger charge is -2.33. The molecule has 0 saturated carbocycles. The molecule has 3 aliphatic rings. The van der Waals surface area contributed by atoms with E-state index < -0.39 is 0 Å². The Hall–Kier alpha value is -14.2. The van der Waals surface area contributed by atoms with Gasteiger partial charge in [-0.2, -0.15) is 0 Å². The van der Waals surface area contributed by atoms with Gasteiger partial charge >= 0.3 is 0 Å². The van der Waals surface area contributed by atoms with Crippen LogP contribution in [0.4, 0.5) is 51.2 Å². The zero-order valence-electron chi connectivity index (χ0n) is 56.2. The van der Waals surface area contributed by atoms with Crippen molar-refractivity contribution >= 4 is 138 Å². The molecule has 0 saturated heterocycles. The number of imidazole rings is 3. The van der Waals surface area contributed by atoms with Crippen LogP contribution in [0.2, 0.25) is 0 Å². The van der Waals surface area contributed by atoms with Gasteiger partial charge in [-0.15, -0.1) is 0 Å². The lowest BCUT2D eigenvalue weighted by atomic mass is 9.96. The summed E-state index contributed by atoms with van der Waals surface area (Å²) in [4.78, 5) is 22.6. The lowest BCUT2D eigenvalue weighted by molar-refractivity contribution is 1.06. The number of hydrogen-bond donors (Lipinski definition) is 0. The smallest absolute Gasteiger partial charge is 0.146 e. The van der Waals surface area contributed by atoms with Gasteiger partial charge in [0.05, 0.1) is 84.3 Å². The molecule has 9 heteroatoms. The molecule has 0 spiro atoms. The molecule has 23 rings (SSSR count). The third-order valence-electron chi connectivity index (χ3n) is 20.8. The Morgan fingerprint density at radius 2 is 0.500 bits per heavy atom. The molecule has 9 nitrogen and oxygen atoms in total. The zero-order chi connectivity index (χ0) is 68.3. The van der Waals surface area contributed by atoms with Crippen LogP contribution in [-0.2, 0) is 0 Å². The van der Waals surface area contributed by atoms with E-state index in [0.717, 1.165) is 136 Å². The number of rotatable bonds is 6. The molecule has 3 aliphatic heterocycles. The highest BCUT2D eigenvalue weighted by atomic mass is 15.3. The van der Waals surface area contributed by atoms with Crippen LogP contribution in [0.1, 0.15) is 0 Å². The molecule has 0 amide bonds. The second-order valence-corrected chi connectivity index (χ2v) is 26.7. The van der Waals surface area contributed by atoms with Crippen LogP contribution < -0.4 is 14.7 Å². The maximum atomic E-state index is 5.27. The van der Waals surface area contributed by atoms with Crippen molar-refractivity contribution in [1.82, 2.24) is 28.7 Å². The van der Waals surface area contributed by atoms with Gasteiger partial charge in [-0.25, -0.2) is 15.0 Å². The van der Waals surface area contributed by atoms with Crippen molar-refractivity contribution in [2.24, 2.45) is 0 Å². The average Bonchev–Trinajstić information content (AvgIpc) is 1.50. The Balaban J connectivity index is 0.000000101. The SMILES string of the molecule is c1ccc(N2c3ccccc3-n3c(-c4cc5ccccc5c5ccccc45)nc4cccc2c43)cc1.c1ccc(N2c3ccccc3-n3c(-c4ccc5c(ccc6ccccc65)c4)nc4cccc2c43)cc1.c1ccc(N2c3ccccc3-n3c(-c4ccc5ccccc5c4)nc4cccc2c43)cc1. The van der Waals surface area contributed by atoms with E-state index in [1.54, 1.807) is 0 Å². The van der Waals surface area contributed by atoms with Gasteiger partial charge in [0.25, 0.3) is 0 Å². The first-order chi connectivity index (χ1) is 51.6. The first kappa shape index (κ1) is 58.8. The van der Waals surface area contributed by atoms with Crippen LogP contribution in [0.5, 0.6) is 0 Å². The molecule has 486 valence electrons. The third kappa shape index (κ3) is 9.24. The maximum Gasteiger partial charge on any atom is 0.146 e. The minimum atomic E-state index is 0.965. The fraction of sp³-hybridized carbons (Fsp3) is 0. The Morgan fingerprint density at radius 3 is 1.00 bits per heavy atom. The highest BCUT2D eigenvalue weighted by Crippen LogP contribution is 2.53. The van der Waals surface area contributed by atoms with Gasteiger partial charge in [0.1, 0.15) is 17.5 Å². The molecule has 6 heterocycles. The molecule has 0 aliphatic carbocycles. The standard InChI is InChI=1S/2C33H21N3.C29H19N3/c1-2-12-23(13-3-1)35-29-18-8-9-19-30(29)36-32-28(17-10-20-31(32)35)34-33(36)27-21-22-11-4-5-14-24(22)25-15-6-7-16-26(25)27;1-2-10-25(11-3-1)35-29-14-6-7-15-30(29)36-32-28(13-8-16-31(32)35)34-33(36)24-19-20-27-23(21-24)18-17-22-9-4-5-12-26(22)27;1-2-11-23(12-3-1)31-25-14-6-7-15-26(25)32-28-24(13-8-16-27(28)31)30-29(32)22-18-17-20-9-4-5-10-21(20)19-22/h2*1-21H;1-19H. The summed E-state index contributed by atoms with van der Waals surface area (Å²) in [6.07, 6.45) is 0. The van der Waals surface area contributed by atoms with Crippen molar-refractivity contribution < 1.29 is 0 Å². The molecule has 17 aromatic carbocycles. The van der Waals surface area contributed by atoms with E-state index >= 15 is 0 Å². The van der Waals surface area contributed by atoms with Gasteiger partial charge in [-0.3, -0.25) is 13.7 Å². The molecular weight excluding hydrogens is 1270 g/mol. The molecular formula is C95H61N9. The molecule has 0 radical (unpaired) electrons. The monoisotopic (exact) mass is 1330 g/mol. The Bertz CT molecular complexity index is 6830. The molecule has 0 bridgehead atoms. The van der Waals surface area contributed by atoms with Crippen molar-refractivity contribution in [3.8, 4) is 51.2 Å². The summed E-state index contributed by atoms with van der Waals surface area (Å²) in [7, 11) is 0. The number of para-hydroxylation sites is 12. The molecule has 0 fully saturated rings. The Morgan fingerprint density at radius 1 is 0.183 bits per heavy atom. The largest absolute Gasteiger partial charge is 0.306 e. The van der Waals surface area contributed by atoms with Crippen molar-refractivity contribution in [2.75, 3.05) is 14.7 Å². The van der Waals surface area contributed by atoms with Crippen LogP contribution in [0.3, 0.4) is 0 Å². The maximum absolute atomic E-state index is 5.27. The molecule has 0 atom stereocenters. The van der Waals surface area contributed by atoms with E-state index in [1.807, 2.05) is 0 Å². The minimum Gasteiger partial charge on any atom is -0.306 e. The van der Waals surface area contributed by atoms with Crippen LogP contribution in [0.15, 0.2) is 370 Å². The number of fused-ring (bicyclic) bond motifs is 13. The predicted octanol–water partition coefficient (Wildman–Crippen LogP) is 25.2. The lowest BCUT2D eigenvalue weighted by Crippen LogP contribution is -2.18. The quantitative estimate of drug-likeness (QED) is 0.155. The van der Waals surface area contributed by atoms with E-state index in [0.29, 0.717) is 0 Å². The summed E-state index contributed by atoms with van der Waals surface area (Å²) in [5.74, 6) is 2.91. The van der Waals surface area contributed by atoms with Gasteiger partial charge < -0.3 is 14.7 Å². The van der Waals surface area contributed by atoms with Crippen molar-refractivity contribution in [1.29, 1.82) is 0 Å².